The van der Waals surface area contributed by atoms with Crippen molar-refractivity contribution >= 4 is 11.6 Å². The zero-order valence-corrected chi connectivity index (χ0v) is 29.6. The Labute approximate surface area is 299 Å². The summed E-state index contributed by atoms with van der Waals surface area (Å²) in [4.78, 5) is 6.40. The minimum absolute atomic E-state index is 0.139. The first kappa shape index (κ1) is 35.6. The van der Waals surface area contributed by atoms with Crippen molar-refractivity contribution in [2.24, 2.45) is 0 Å². The molecule has 0 bridgehead atoms. The number of rotatable bonds is 15. The minimum Gasteiger partial charge on any atom is -0.493 e. The van der Waals surface area contributed by atoms with Crippen molar-refractivity contribution < 1.29 is 24.4 Å². The minimum atomic E-state index is -0.528. The number of benzene rings is 3. The largest absolute Gasteiger partial charge is 0.493 e. The second-order valence-corrected chi connectivity index (χ2v) is 13.8. The van der Waals surface area contributed by atoms with Crippen LogP contribution in [0.4, 0.5) is 0 Å². The van der Waals surface area contributed by atoms with Gasteiger partial charge in [0.15, 0.2) is 0 Å². The molecule has 1 aromatic heterocycles. The third-order valence-corrected chi connectivity index (χ3v) is 9.94. The number of pyridine rings is 1. The van der Waals surface area contributed by atoms with Crippen LogP contribution in [0.2, 0.25) is 5.02 Å². The number of hydrogen-bond donors (Lipinski definition) is 3. The van der Waals surface area contributed by atoms with E-state index in [4.69, 9.17) is 25.8 Å². The molecule has 2 aliphatic rings. The summed E-state index contributed by atoms with van der Waals surface area (Å²) in [6, 6.07) is 20.1. The number of aromatic nitrogens is 1. The Bertz CT molecular complexity index is 1840. The molecule has 1 fully saturated rings. The van der Waals surface area contributed by atoms with Gasteiger partial charge in [0, 0.05) is 61.8 Å². The third kappa shape index (κ3) is 8.40. The highest BCUT2D eigenvalue weighted by Crippen LogP contribution is 2.44. The molecule has 262 valence electrons. The first-order valence-corrected chi connectivity index (χ1v) is 17.7. The number of β-amino-alcohol motifs (C(OH)–C–C–N with tert-alkyl or cyclic N) is 1. The Hall–Kier alpha value is -4.17. The molecule has 3 N–H and O–H groups in total. The van der Waals surface area contributed by atoms with Crippen LogP contribution in [0.5, 0.6) is 17.2 Å². The Morgan fingerprint density at radius 1 is 1.04 bits per heavy atom. The van der Waals surface area contributed by atoms with E-state index in [-0.39, 0.29) is 24.9 Å². The molecule has 9 nitrogen and oxygen atoms in total. The Morgan fingerprint density at radius 3 is 2.62 bits per heavy atom. The summed E-state index contributed by atoms with van der Waals surface area (Å²) < 4.78 is 19.2. The third-order valence-electron chi connectivity index (χ3n) is 9.64. The number of nitriles is 1. The molecule has 10 heteroatoms. The SMILES string of the molecule is Cc1c(OCCCN2CC(O)C2)cccc1-c1cccc2c1CC[C@@H]2Oc1cc(OCc2cncc(C#N)c2)c(CN[C@H](C)[C@@H](C)O)cc1Cl. The lowest BCUT2D eigenvalue weighted by atomic mass is 9.93. The summed E-state index contributed by atoms with van der Waals surface area (Å²) in [6.45, 7) is 9.48. The topological polar surface area (TPSA) is 120 Å². The van der Waals surface area contributed by atoms with Gasteiger partial charge in [-0.05, 0) is 86.1 Å². The zero-order chi connectivity index (χ0) is 35.2. The Kier molecular flexibility index (Phi) is 11.6. The van der Waals surface area contributed by atoms with Gasteiger partial charge < -0.3 is 29.7 Å². The molecule has 50 heavy (non-hydrogen) atoms. The molecule has 3 aromatic carbocycles. The maximum atomic E-state index is 10.0. The molecule has 0 radical (unpaired) electrons. The maximum absolute atomic E-state index is 10.0. The highest BCUT2D eigenvalue weighted by molar-refractivity contribution is 6.32. The molecular formula is C40H45ClN4O5. The lowest BCUT2D eigenvalue weighted by Gasteiger charge is -2.35. The van der Waals surface area contributed by atoms with Crippen molar-refractivity contribution in [1.82, 2.24) is 15.2 Å². The predicted molar refractivity (Wildman–Crippen MR) is 194 cm³/mol. The summed E-state index contributed by atoms with van der Waals surface area (Å²) in [5.41, 5.74) is 7.91. The smallest absolute Gasteiger partial charge is 0.142 e. The average Bonchev–Trinajstić information content (AvgIpc) is 3.52. The van der Waals surface area contributed by atoms with Gasteiger partial charge in [0.25, 0.3) is 0 Å². The summed E-state index contributed by atoms with van der Waals surface area (Å²) in [6.07, 6.45) is 4.88. The highest BCUT2D eigenvalue weighted by Gasteiger charge is 2.29. The van der Waals surface area contributed by atoms with Crippen molar-refractivity contribution in [3.8, 4) is 34.4 Å². The number of hydrogen-bond acceptors (Lipinski definition) is 9. The van der Waals surface area contributed by atoms with E-state index in [1.165, 1.54) is 17.3 Å². The van der Waals surface area contributed by atoms with Crippen LogP contribution in [0.25, 0.3) is 11.1 Å². The lowest BCUT2D eigenvalue weighted by Crippen LogP contribution is -2.50. The standard InChI is InChI=1S/C40H45ClN4O5/c1-25-32(7-5-10-37(25)48-14-6-13-45-22-31(47)23-45)33-8-4-9-35-34(33)11-12-38(35)50-40-17-39(49-24-29-15-28(18-42)19-43-20-29)30(16-36(40)41)21-44-26(2)27(3)46/h4-5,7-10,15-17,19-20,26-27,31,38,44,46-47H,6,11-14,21-24H2,1-3H3/t26-,27-,38+/m1/s1. The molecule has 6 rings (SSSR count). The number of aliphatic hydroxyl groups is 2. The highest BCUT2D eigenvalue weighted by atomic mass is 35.5. The summed E-state index contributed by atoms with van der Waals surface area (Å²) in [5.74, 6) is 2.01. The molecule has 4 aromatic rings. The number of nitrogens with one attached hydrogen (secondary N) is 1. The van der Waals surface area contributed by atoms with Crippen LogP contribution in [0.3, 0.4) is 0 Å². The summed E-state index contributed by atoms with van der Waals surface area (Å²) in [7, 11) is 0. The van der Waals surface area contributed by atoms with Gasteiger partial charge in [-0.15, -0.1) is 0 Å². The molecular weight excluding hydrogens is 652 g/mol. The molecule has 3 atom stereocenters. The predicted octanol–water partition coefficient (Wildman–Crippen LogP) is 6.53. The van der Waals surface area contributed by atoms with Crippen molar-refractivity contribution in [2.75, 3.05) is 26.2 Å². The van der Waals surface area contributed by atoms with Gasteiger partial charge in [-0.25, -0.2) is 0 Å². The van der Waals surface area contributed by atoms with E-state index in [9.17, 15) is 15.5 Å². The molecule has 0 spiro atoms. The number of fused-ring (bicyclic) bond motifs is 1. The van der Waals surface area contributed by atoms with Crippen LogP contribution in [-0.2, 0) is 19.6 Å². The van der Waals surface area contributed by atoms with Crippen molar-refractivity contribution in [1.29, 1.82) is 5.26 Å². The second-order valence-electron chi connectivity index (χ2n) is 13.3. The first-order chi connectivity index (χ1) is 24.2. The number of likely N-dealkylation sites (tertiary alicyclic amines) is 1. The molecule has 0 unspecified atom stereocenters. The summed E-state index contributed by atoms with van der Waals surface area (Å²) >= 11 is 6.86. The van der Waals surface area contributed by atoms with E-state index in [1.807, 2.05) is 25.1 Å². The van der Waals surface area contributed by atoms with Gasteiger partial charge in [0.1, 0.15) is 36.0 Å². The van der Waals surface area contributed by atoms with E-state index < -0.39 is 6.10 Å². The van der Waals surface area contributed by atoms with Crippen LogP contribution in [0.15, 0.2) is 67.0 Å². The van der Waals surface area contributed by atoms with Crippen LogP contribution in [-0.4, -0.2) is 64.6 Å². The average molecular weight is 697 g/mol. The van der Waals surface area contributed by atoms with E-state index in [0.717, 1.165) is 72.5 Å². The van der Waals surface area contributed by atoms with Gasteiger partial charge >= 0.3 is 0 Å². The van der Waals surface area contributed by atoms with Gasteiger partial charge in [0.05, 0.1) is 29.4 Å². The first-order valence-electron chi connectivity index (χ1n) is 17.3. The van der Waals surface area contributed by atoms with Gasteiger partial charge in [-0.2, -0.15) is 5.26 Å². The van der Waals surface area contributed by atoms with Crippen LogP contribution >= 0.6 is 11.6 Å². The fourth-order valence-corrected chi connectivity index (χ4v) is 6.80. The number of halogens is 1. The number of aliphatic hydroxyl groups excluding tert-OH is 2. The van der Waals surface area contributed by atoms with E-state index in [0.29, 0.717) is 35.2 Å². The lowest BCUT2D eigenvalue weighted by molar-refractivity contribution is 0.0000395. The maximum Gasteiger partial charge on any atom is 0.142 e. The quantitative estimate of drug-likeness (QED) is 0.119. The number of nitrogens with zero attached hydrogens (tertiary/aromatic N) is 3. The van der Waals surface area contributed by atoms with Crippen LogP contribution in [0.1, 0.15) is 66.2 Å². The Balaban J connectivity index is 1.20. The molecule has 0 amide bonds. The van der Waals surface area contributed by atoms with Gasteiger partial charge in [0.2, 0.25) is 0 Å². The summed E-state index contributed by atoms with van der Waals surface area (Å²) in [5, 5.41) is 32.7. The van der Waals surface area contributed by atoms with Gasteiger partial charge in [-0.1, -0.05) is 41.9 Å². The second kappa shape index (κ2) is 16.2. The molecule has 1 aliphatic carbocycles. The van der Waals surface area contributed by atoms with Gasteiger partial charge in [-0.3, -0.25) is 9.88 Å². The number of ether oxygens (including phenoxy) is 3. The normalized spacial score (nSPS) is 17.0. The fourth-order valence-electron chi connectivity index (χ4n) is 6.57. The molecule has 0 saturated carbocycles. The fraction of sp³-hybridized carbons (Fsp3) is 0.400. The Morgan fingerprint density at radius 2 is 1.84 bits per heavy atom. The van der Waals surface area contributed by atoms with E-state index in [1.54, 1.807) is 19.2 Å². The molecule has 1 aliphatic heterocycles. The van der Waals surface area contributed by atoms with Crippen molar-refractivity contribution in [3.05, 3.63) is 105 Å². The molecule has 2 heterocycles. The van der Waals surface area contributed by atoms with Crippen molar-refractivity contribution in [2.45, 2.75) is 77.5 Å². The van der Waals surface area contributed by atoms with E-state index >= 15 is 0 Å². The van der Waals surface area contributed by atoms with Crippen molar-refractivity contribution in [3.63, 3.8) is 0 Å². The van der Waals surface area contributed by atoms with E-state index in [2.05, 4.69) is 58.5 Å². The molecule has 1 saturated heterocycles. The monoisotopic (exact) mass is 696 g/mol. The van der Waals surface area contributed by atoms with Crippen LogP contribution in [0, 0.1) is 18.3 Å². The van der Waals surface area contributed by atoms with Crippen LogP contribution < -0.4 is 19.5 Å². The zero-order valence-electron chi connectivity index (χ0n) is 28.9.